The van der Waals surface area contributed by atoms with Crippen molar-refractivity contribution >= 4 is 55.1 Å². The van der Waals surface area contributed by atoms with E-state index in [-0.39, 0.29) is 17.3 Å². The van der Waals surface area contributed by atoms with E-state index in [1.165, 1.54) is 24.1 Å². The van der Waals surface area contributed by atoms with E-state index in [1.807, 2.05) is 0 Å². The Morgan fingerprint density at radius 1 is 1.00 bits per heavy atom. The molecule has 184 valence electrons. The summed E-state index contributed by atoms with van der Waals surface area (Å²) in [4.78, 5) is 27.5. The monoisotopic (exact) mass is 577 g/mol. The second kappa shape index (κ2) is 11.7. The summed E-state index contributed by atoms with van der Waals surface area (Å²) in [6, 6.07) is 20.6. The van der Waals surface area contributed by atoms with Crippen molar-refractivity contribution < 1.29 is 18.0 Å². The van der Waals surface area contributed by atoms with E-state index in [1.54, 1.807) is 73.7 Å². The van der Waals surface area contributed by atoms with Crippen LogP contribution in [-0.2, 0) is 26.2 Å². The number of benzene rings is 3. The second-order valence-electron chi connectivity index (χ2n) is 7.74. The summed E-state index contributed by atoms with van der Waals surface area (Å²) < 4.78 is 29.0. The van der Waals surface area contributed by atoms with Crippen LogP contribution < -0.4 is 9.62 Å². The first-order chi connectivity index (χ1) is 16.6. The van der Waals surface area contributed by atoms with Crippen molar-refractivity contribution in [1.29, 1.82) is 0 Å². The molecular formula is C25H25BrClN3O4S. The number of nitrogens with one attached hydrogen (secondary N) is 1. The Morgan fingerprint density at radius 3 is 2.26 bits per heavy atom. The van der Waals surface area contributed by atoms with Gasteiger partial charge in [0.2, 0.25) is 11.8 Å². The third kappa shape index (κ3) is 6.62. The number of likely N-dealkylation sites (N-methyl/N-ethyl adjacent to an activating group) is 1. The van der Waals surface area contributed by atoms with Crippen LogP contribution in [0.5, 0.6) is 0 Å². The number of rotatable bonds is 9. The highest BCUT2D eigenvalue weighted by Gasteiger charge is 2.32. The number of anilines is 1. The molecule has 0 saturated carbocycles. The van der Waals surface area contributed by atoms with Crippen LogP contribution in [0.2, 0.25) is 5.02 Å². The molecule has 0 aliphatic carbocycles. The number of hydrogen-bond acceptors (Lipinski definition) is 4. The quantitative estimate of drug-likeness (QED) is 0.406. The summed E-state index contributed by atoms with van der Waals surface area (Å²) in [5.74, 6) is -0.912. The van der Waals surface area contributed by atoms with Gasteiger partial charge in [0.15, 0.2) is 0 Å². The van der Waals surface area contributed by atoms with Gasteiger partial charge < -0.3 is 10.2 Å². The van der Waals surface area contributed by atoms with Crippen LogP contribution in [0.3, 0.4) is 0 Å². The lowest BCUT2D eigenvalue weighted by molar-refractivity contribution is -0.139. The minimum Gasteiger partial charge on any atom is -0.357 e. The molecule has 0 aliphatic rings. The third-order valence-electron chi connectivity index (χ3n) is 5.38. The van der Waals surface area contributed by atoms with Crippen LogP contribution in [0.25, 0.3) is 0 Å². The van der Waals surface area contributed by atoms with E-state index in [2.05, 4.69) is 21.2 Å². The van der Waals surface area contributed by atoms with E-state index in [9.17, 15) is 18.0 Å². The van der Waals surface area contributed by atoms with Crippen molar-refractivity contribution in [3.8, 4) is 0 Å². The first-order valence-electron chi connectivity index (χ1n) is 10.7. The average molecular weight is 579 g/mol. The Labute approximate surface area is 218 Å². The topological polar surface area (TPSA) is 86.8 Å². The lowest BCUT2D eigenvalue weighted by Gasteiger charge is -2.31. The van der Waals surface area contributed by atoms with Gasteiger partial charge in [0.25, 0.3) is 10.0 Å². The molecule has 0 aromatic heterocycles. The maximum absolute atomic E-state index is 13.6. The molecule has 3 aromatic rings. The molecule has 0 spiro atoms. The van der Waals surface area contributed by atoms with Gasteiger partial charge in [-0.2, -0.15) is 0 Å². The minimum absolute atomic E-state index is 0.0523. The molecule has 10 heteroatoms. The van der Waals surface area contributed by atoms with Gasteiger partial charge in [-0.1, -0.05) is 57.9 Å². The molecule has 0 aliphatic heterocycles. The first-order valence-corrected chi connectivity index (χ1v) is 13.3. The number of carbonyl (C=O) groups is 2. The normalized spacial score (nSPS) is 12.0. The minimum atomic E-state index is -4.08. The molecule has 3 rings (SSSR count). The SMILES string of the molecule is CNC(=O)C(C)N(Cc1cccc(Cl)c1)C(=O)CN(c1ccc(Br)cc1)S(=O)(=O)c1ccccc1. The molecular weight excluding hydrogens is 554 g/mol. The van der Waals surface area contributed by atoms with Crippen LogP contribution in [-0.4, -0.2) is 44.8 Å². The van der Waals surface area contributed by atoms with Gasteiger partial charge >= 0.3 is 0 Å². The van der Waals surface area contributed by atoms with Crippen molar-refractivity contribution in [3.63, 3.8) is 0 Å². The van der Waals surface area contributed by atoms with E-state index in [0.717, 1.165) is 8.78 Å². The summed E-state index contributed by atoms with van der Waals surface area (Å²) in [5, 5.41) is 3.04. The fourth-order valence-electron chi connectivity index (χ4n) is 3.48. The number of hydrogen-bond donors (Lipinski definition) is 1. The van der Waals surface area contributed by atoms with Gasteiger partial charge in [0, 0.05) is 23.1 Å². The summed E-state index contributed by atoms with van der Waals surface area (Å²) in [6.07, 6.45) is 0. The fourth-order valence-corrected chi connectivity index (χ4v) is 5.39. The fraction of sp³-hybridized carbons (Fsp3) is 0.200. The maximum Gasteiger partial charge on any atom is 0.264 e. The zero-order chi connectivity index (χ0) is 25.6. The average Bonchev–Trinajstić information content (AvgIpc) is 2.86. The van der Waals surface area contributed by atoms with E-state index in [0.29, 0.717) is 16.3 Å². The van der Waals surface area contributed by atoms with Crippen LogP contribution in [0.1, 0.15) is 12.5 Å². The third-order valence-corrected chi connectivity index (χ3v) is 7.93. The highest BCUT2D eigenvalue weighted by molar-refractivity contribution is 9.10. The molecule has 2 amide bonds. The van der Waals surface area contributed by atoms with Gasteiger partial charge in [-0.25, -0.2) is 8.42 Å². The maximum atomic E-state index is 13.6. The Bertz CT molecular complexity index is 1290. The van der Waals surface area contributed by atoms with Gasteiger partial charge in [0.05, 0.1) is 10.6 Å². The van der Waals surface area contributed by atoms with Crippen molar-refractivity contribution in [3.05, 3.63) is 93.9 Å². The van der Waals surface area contributed by atoms with Crippen LogP contribution in [0.4, 0.5) is 5.69 Å². The van der Waals surface area contributed by atoms with Crippen LogP contribution >= 0.6 is 27.5 Å². The number of carbonyl (C=O) groups excluding carboxylic acids is 2. The van der Waals surface area contributed by atoms with Crippen LogP contribution in [0, 0.1) is 0 Å². The molecule has 0 bridgehead atoms. The highest BCUT2D eigenvalue weighted by Crippen LogP contribution is 2.26. The van der Waals surface area contributed by atoms with E-state index in [4.69, 9.17) is 11.6 Å². The summed E-state index contributed by atoms with van der Waals surface area (Å²) in [5.41, 5.74) is 1.03. The Kier molecular flexibility index (Phi) is 8.93. The van der Waals surface area contributed by atoms with E-state index >= 15 is 0 Å². The molecule has 1 atom stereocenters. The number of nitrogens with zero attached hydrogens (tertiary/aromatic N) is 2. The van der Waals surface area contributed by atoms with Crippen molar-refractivity contribution in [2.75, 3.05) is 17.9 Å². The number of halogens is 2. The van der Waals surface area contributed by atoms with Gasteiger partial charge in [0.1, 0.15) is 12.6 Å². The molecule has 0 fully saturated rings. The molecule has 0 radical (unpaired) electrons. The molecule has 1 unspecified atom stereocenters. The predicted molar refractivity (Wildman–Crippen MR) is 141 cm³/mol. The van der Waals surface area contributed by atoms with Gasteiger partial charge in [-0.3, -0.25) is 13.9 Å². The van der Waals surface area contributed by atoms with Crippen molar-refractivity contribution in [2.24, 2.45) is 0 Å². The summed E-state index contributed by atoms with van der Waals surface area (Å²) in [7, 11) is -2.60. The Morgan fingerprint density at radius 2 is 1.66 bits per heavy atom. The van der Waals surface area contributed by atoms with Crippen molar-refractivity contribution in [2.45, 2.75) is 24.4 Å². The van der Waals surface area contributed by atoms with E-state index < -0.39 is 28.5 Å². The summed E-state index contributed by atoms with van der Waals surface area (Å²) in [6.45, 7) is 1.17. The van der Waals surface area contributed by atoms with Gasteiger partial charge in [-0.15, -0.1) is 0 Å². The van der Waals surface area contributed by atoms with Crippen LogP contribution in [0.15, 0.2) is 88.2 Å². The standard InChI is InChI=1S/C25H25BrClN3O4S/c1-18(25(32)28-2)29(16-19-7-6-8-21(27)15-19)24(31)17-30(22-13-11-20(26)12-14-22)35(33,34)23-9-4-3-5-10-23/h3-15,18H,16-17H2,1-2H3,(H,28,32). The zero-order valence-corrected chi connectivity index (χ0v) is 22.3. The number of amides is 2. The molecule has 35 heavy (non-hydrogen) atoms. The lowest BCUT2D eigenvalue weighted by atomic mass is 10.1. The summed E-state index contributed by atoms with van der Waals surface area (Å²) >= 11 is 9.46. The van der Waals surface area contributed by atoms with Crippen molar-refractivity contribution in [1.82, 2.24) is 10.2 Å². The first kappa shape index (κ1) is 26.7. The largest absolute Gasteiger partial charge is 0.357 e. The molecule has 7 nitrogen and oxygen atoms in total. The zero-order valence-electron chi connectivity index (χ0n) is 19.2. The lowest BCUT2D eigenvalue weighted by Crippen LogP contribution is -2.50. The molecule has 0 heterocycles. The molecule has 1 N–H and O–H groups in total. The molecule has 3 aromatic carbocycles. The second-order valence-corrected chi connectivity index (χ2v) is 11.0. The number of sulfonamides is 1. The Hall–Kier alpha value is -2.88. The predicted octanol–water partition coefficient (Wildman–Crippen LogP) is 4.46. The highest BCUT2D eigenvalue weighted by atomic mass is 79.9. The Balaban J connectivity index is 2.01. The van der Waals surface area contributed by atoms with Gasteiger partial charge in [-0.05, 0) is 61.0 Å². The molecule has 0 saturated heterocycles. The smallest absolute Gasteiger partial charge is 0.264 e.